The summed E-state index contributed by atoms with van der Waals surface area (Å²) in [7, 11) is 0. The molecule has 2 aromatic heterocycles. The first-order chi connectivity index (χ1) is 8.24. The highest BCUT2D eigenvalue weighted by Gasteiger charge is 2.10. The Morgan fingerprint density at radius 1 is 1.24 bits per heavy atom. The predicted molar refractivity (Wildman–Crippen MR) is 60.9 cm³/mol. The van der Waals surface area contributed by atoms with Gasteiger partial charge in [0.1, 0.15) is 17.4 Å². The van der Waals surface area contributed by atoms with Crippen molar-refractivity contribution in [3.05, 3.63) is 42.3 Å². The summed E-state index contributed by atoms with van der Waals surface area (Å²) in [5.41, 5.74) is 1.60. The Bertz CT molecular complexity index is 660. The van der Waals surface area contributed by atoms with Gasteiger partial charge in [-0.15, -0.1) is 0 Å². The molecule has 0 fully saturated rings. The average Bonchev–Trinajstić information content (AvgIpc) is 2.75. The Morgan fingerprint density at radius 3 is 2.94 bits per heavy atom. The Morgan fingerprint density at radius 2 is 2.12 bits per heavy atom. The zero-order chi connectivity index (χ0) is 11.8. The fourth-order valence-corrected chi connectivity index (χ4v) is 1.67. The first-order valence-corrected chi connectivity index (χ1v) is 5.03. The van der Waals surface area contributed by atoms with Crippen molar-refractivity contribution in [2.24, 2.45) is 0 Å². The van der Waals surface area contributed by atoms with E-state index in [0.29, 0.717) is 17.0 Å². The molecule has 2 N–H and O–H groups in total. The molecular weight excluding hydrogens is 221 g/mol. The quantitative estimate of drug-likeness (QED) is 0.673. The van der Waals surface area contributed by atoms with Crippen molar-refractivity contribution in [1.29, 1.82) is 0 Å². The van der Waals surface area contributed by atoms with Gasteiger partial charge in [-0.05, 0) is 30.3 Å². The molecule has 0 saturated heterocycles. The van der Waals surface area contributed by atoms with Crippen molar-refractivity contribution in [1.82, 2.24) is 15.0 Å². The molecule has 3 rings (SSSR count). The fraction of sp³-hybridized carbons (Fsp3) is 0. The number of nitrogens with zero attached hydrogens (tertiary/aromatic N) is 2. The van der Waals surface area contributed by atoms with E-state index in [4.69, 9.17) is 0 Å². The maximum atomic E-state index is 13.1. The molecule has 1 aromatic carbocycles. The van der Waals surface area contributed by atoms with Gasteiger partial charge in [0.25, 0.3) is 0 Å². The van der Waals surface area contributed by atoms with Crippen molar-refractivity contribution in [2.45, 2.75) is 0 Å². The number of hydrogen-bond acceptors (Lipinski definition) is 3. The number of aromatic hydroxyl groups is 1. The third kappa shape index (κ3) is 1.61. The van der Waals surface area contributed by atoms with Crippen LogP contribution in [0.25, 0.3) is 22.6 Å². The third-order valence-corrected chi connectivity index (χ3v) is 2.47. The first-order valence-electron chi connectivity index (χ1n) is 5.03. The molecule has 4 nitrogen and oxygen atoms in total. The van der Waals surface area contributed by atoms with Gasteiger partial charge in [0.05, 0.1) is 11.1 Å². The lowest BCUT2D eigenvalue weighted by Crippen LogP contribution is -1.83. The number of halogens is 1. The van der Waals surface area contributed by atoms with Crippen molar-refractivity contribution in [3.63, 3.8) is 0 Å². The van der Waals surface area contributed by atoms with Crippen LogP contribution in [0.4, 0.5) is 4.39 Å². The molecule has 3 aromatic rings. The highest BCUT2D eigenvalue weighted by atomic mass is 19.1. The normalized spacial score (nSPS) is 10.9. The molecule has 0 unspecified atom stereocenters. The second-order valence-electron chi connectivity index (χ2n) is 3.62. The van der Waals surface area contributed by atoms with Crippen LogP contribution >= 0.6 is 0 Å². The van der Waals surface area contributed by atoms with Crippen LogP contribution in [0.1, 0.15) is 0 Å². The molecule has 5 heteroatoms. The van der Waals surface area contributed by atoms with E-state index in [1.807, 2.05) is 6.07 Å². The van der Waals surface area contributed by atoms with Gasteiger partial charge in [0.2, 0.25) is 0 Å². The van der Waals surface area contributed by atoms with Gasteiger partial charge in [0, 0.05) is 6.20 Å². The van der Waals surface area contributed by atoms with Gasteiger partial charge in [0.15, 0.2) is 5.65 Å². The monoisotopic (exact) mass is 229 g/mol. The highest BCUT2D eigenvalue weighted by Crippen LogP contribution is 2.28. The van der Waals surface area contributed by atoms with E-state index in [1.165, 1.54) is 18.2 Å². The lowest BCUT2D eigenvalue weighted by molar-refractivity contribution is 0.475. The van der Waals surface area contributed by atoms with Gasteiger partial charge >= 0.3 is 0 Å². The Balaban J connectivity index is 2.23. The lowest BCUT2D eigenvalue weighted by Gasteiger charge is -2.00. The number of fused-ring (bicyclic) bond motifs is 1. The molecule has 0 aliphatic rings. The van der Waals surface area contributed by atoms with E-state index < -0.39 is 5.82 Å². The van der Waals surface area contributed by atoms with Crippen LogP contribution in [-0.2, 0) is 0 Å². The molecule has 0 aliphatic heterocycles. The van der Waals surface area contributed by atoms with Crippen LogP contribution in [0.15, 0.2) is 36.5 Å². The smallest absolute Gasteiger partial charge is 0.178 e. The minimum atomic E-state index is -0.425. The van der Waals surface area contributed by atoms with Gasteiger partial charge in [-0.3, -0.25) is 0 Å². The number of hydrogen-bond donors (Lipinski definition) is 2. The maximum absolute atomic E-state index is 13.1. The Labute approximate surface area is 95.8 Å². The van der Waals surface area contributed by atoms with E-state index in [9.17, 15) is 9.50 Å². The minimum absolute atomic E-state index is 0.0227. The standard InChI is InChI=1S/C12H8FN3O/c13-7-3-4-10(17)8(6-7)11-15-9-2-1-5-14-12(9)16-11/h1-6,17H,(H,14,15,16). The molecule has 0 amide bonds. The van der Waals surface area contributed by atoms with Crippen molar-refractivity contribution in [2.75, 3.05) is 0 Å². The Kier molecular flexibility index (Phi) is 2.04. The summed E-state index contributed by atoms with van der Waals surface area (Å²) in [6.07, 6.45) is 1.62. The topological polar surface area (TPSA) is 61.8 Å². The van der Waals surface area contributed by atoms with Crippen LogP contribution in [0.3, 0.4) is 0 Å². The molecular formula is C12H8FN3O. The van der Waals surface area contributed by atoms with Gasteiger partial charge in [-0.2, -0.15) is 0 Å². The molecule has 2 heterocycles. The van der Waals surface area contributed by atoms with Crippen LogP contribution < -0.4 is 0 Å². The van der Waals surface area contributed by atoms with E-state index in [1.54, 1.807) is 12.3 Å². The number of imidazole rings is 1. The van der Waals surface area contributed by atoms with Crippen LogP contribution in [-0.4, -0.2) is 20.1 Å². The van der Waals surface area contributed by atoms with Gasteiger partial charge < -0.3 is 10.1 Å². The van der Waals surface area contributed by atoms with Gasteiger partial charge in [-0.1, -0.05) is 0 Å². The molecule has 0 saturated carbocycles. The summed E-state index contributed by atoms with van der Waals surface area (Å²) < 4.78 is 13.1. The maximum Gasteiger partial charge on any atom is 0.178 e. The summed E-state index contributed by atoms with van der Waals surface area (Å²) >= 11 is 0. The summed E-state index contributed by atoms with van der Waals surface area (Å²) in [6, 6.07) is 7.31. The zero-order valence-corrected chi connectivity index (χ0v) is 8.68. The lowest BCUT2D eigenvalue weighted by atomic mass is 10.2. The number of aromatic nitrogens is 3. The van der Waals surface area contributed by atoms with Gasteiger partial charge in [-0.25, -0.2) is 14.4 Å². The zero-order valence-electron chi connectivity index (χ0n) is 8.68. The van der Waals surface area contributed by atoms with E-state index in [0.717, 1.165) is 5.52 Å². The second kappa shape index (κ2) is 3.55. The number of rotatable bonds is 1. The number of pyridine rings is 1. The highest BCUT2D eigenvalue weighted by molar-refractivity contribution is 5.77. The number of H-pyrrole nitrogens is 1. The average molecular weight is 229 g/mol. The summed E-state index contributed by atoms with van der Waals surface area (Å²) in [5, 5.41) is 9.67. The number of phenols is 1. The number of phenolic OH excluding ortho intramolecular Hbond substituents is 1. The van der Waals surface area contributed by atoms with Crippen molar-refractivity contribution >= 4 is 11.2 Å². The third-order valence-electron chi connectivity index (χ3n) is 2.47. The van der Waals surface area contributed by atoms with E-state index in [2.05, 4.69) is 15.0 Å². The predicted octanol–water partition coefficient (Wildman–Crippen LogP) is 2.47. The van der Waals surface area contributed by atoms with Crippen molar-refractivity contribution < 1.29 is 9.50 Å². The second-order valence-corrected chi connectivity index (χ2v) is 3.62. The van der Waals surface area contributed by atoms with E-state index >= 15 is 0 Å². The molecule has 0 spiro atoms. The fourth-order valence-electron chi connectivity index (χ4n) is 1.67. The minimum Gasteiger partial charge on any atom is -0.507 e. The van der Waals surface area contributed by atoms with E-state index in [-0.39, 0.29) is 5.75 Å². The molecule has 84 valence electrons. The summed E-state index contributed by atoms with van der Waals surface area (Å²) in [6.45, 7) is 0. The van der Waals surface area contributed by atoms with Crippen molar-refractivity contribution in [3.8, 4) is 17.1 Å². The molecule has 0 radical (unpaired) electrons. The largest absolute Gasteiger partial charge is 0.507 e. The first kappa shape index (κ1) is 9.77. The summed E-state index contributed by atoms with van der Waals surface area (Å²) in [5.74, 6) is -0.0487. The Hall–Kier alpha value is -2.43. The molecule has 17 heavy (non-hydrogen) atoms. The number of nitrogens with one attached hydrogen (secondary N) is 1. The molecule has 0 bridgehead atoms. The summed E-state index contributed by atoms with van der Waals surface area (Å²) in [4.78, 5) is 11.2. The number of benzene rings is 1. The number of aromatic amines is 1. The van der Waals surface area contributed by atoms with Crippen LogP contribution in [0.5, 0.6) is 5.75 Å². The van der Waals surface area contributed by atoms with Crippen LogP contribution in [0, 0.1) is 5.82 Å². The molecule has 0 atom stereocenters. The van der Waals surface area contributed by atoms with Crippen LogP contribution in [0.2, 0.25) is 0 Å². The SMILES string of the molecule is Oc1ccc(F)cc1-c1nc2ncccc2[nH]1. The molecule has 0 aliphatic carbocycles.